The Labute approximate surface area is 98.0 Å². The average Bonchev–Trinajstić information content (AvgIpc) is 2.37. The highest BCUT2D eigenvalue weighted by Gasteiger charge is 2.76. The van der Waals surface area contributed by atoms with Gasteiger partial charge in [0.05, 0.1) is 0 Å². The van der Waals surface area contributed by atoms with E-state index in [1.54, 1.807) is 0 Å². The first kappa shape index (κ1) is 12.9. The molecule has 1 unspecified atom stereocenters. The average molecular weight is 269 g/mol. The van der Waals surface area contributed by atoms with Crippen LogP contribution in [0.3, 0.4) is 0 Å². The van der Waals surface area contributed by atoms with E-state index in [0.717, 1.165) is 12.1 Å². The van der Waals surface area contributed by atoms with E-state index in [1.165, 1.54) is 6.92 Å². The maximum Gasteiger partial charge on any atom is 0.441 e. The van der Waals surface area contributed by atoms with Crippen molar-refractivity contribution in [2.24, 2.45) is 0 Å². The number of ether oxygens (including phenoxy) is 1. The minimum absolute atomic E-state index is 0.00373. The van der Waals surface area contributed by atoms with Crippen LogP contribution in [0.25, 0.3) is 0 Å². The first-order valence-corrected chi connectivity index (χ1v) is 4.77. The standard InChI is InChI=1S/C10H8F5NO2/c1-4-2-5-7(3-6(4)16)18-10(14,15)8(5,17)9(11,12)13/h2-3,17H,16H2,1H3. The Kier molecular flexibility index (Phi) is 2.33. The van der Waals surface area contributed by atoms with Crippen molar-refractivity contribution in [3.63, 3.8) is 0 Å². The lowest BCUT2D eigenvalue weighted by Gasteiger charge is -2.29. The third kappa shape index (κ3) is 1.38. The number of benzene rings is 1. The molecule has 2 rings (SSSR count). The molecule has 0 fully saturated rings. The van der Waals surface area contributed by atoms with E-state index in [9.17, 15) is 27.1 Å². The summed E-state index contributed by atoms with van der Waals surface area (Å²) in [6.45, 7) is 1.34. The summed E-state index contributed by atoms with van der Waals surface area (Å²) in [6.07, 6.45) is -10.4. The van der Waals surface area contributed by atoms with Gasteiger partial charge in [-0.25, -0.2) is 0 Å². The van der Waals surface area contributed by atoms with Crippen LogP contribution in [0.5, 0.6) is 5.75 Å². The number of fused-ring (bicyclic) bond motifs is 1. The molecule has 0 spiro atoms. The maximum absolute atomic E-state index is 13.3. The Morgan fingerprint density at radius 1 is 1.28 bits per heavy atom. The van der Waals surface area contributed by atoms with Gasteiger partial charge in [-0.2, -0.15) is 22.0 Å². The molecule has 0 bridgehead atoms. The number of anilines is 1. The Morgan fingerprint density at radius 2 is 1.83 bits per heavy atom. The first-order valence-electron chi connectivity index (χ1n) is 4.77. The molecule has 0 amide bonds. The third-order valence-corrected chi connectivity index (χ3v) is 2.83. The molecular weight excluding hydrogens is 261 g/mol. The lowest BCUT2D eigenvalue weighted by atomic mass is 9.92. The van der Waals surface area contributed by atoms with Gasteiger partial charge < -0.3 is 15.6 Å². The van der Waals surface area contributed by atoms with Crippen molar-refractivity contribution in [3.05, 3.63) is 23.3 Å². The van der Waals surface area contributed by atoms with Crippen molar-refractivity contribution >= 4 is 5.69 Å². The molecule has 1 aromatic carbocycles. The van der Waals surface area contributed by atoms with Gasteiger partial charge in [-0.15, -0.1) is 0 Å². The number of hydrogen-bond acceptors (Lipinski definition) is 3. The van der Waals surface area contributed by atoms with E-state index in [1.807, 2.05) is 0 Å². The Balaban J connectivity index is 2.74. The SMILES string of the molecule is Cc1cc2c(cc1N)OC(F)(F)C2(O)C(F)(F)F. The van der Waals surface area contributed by atoms with Crippen LogP contribution in [-0.2, 0) is 5.60 Å². The highest BCUT2D eigenvalue weighted by atomic mass is 19.4. The summed E-state index contributed by atoms with van der Waals surface area (Å²) < 4.78 is 68.6. The van der Waals surface area contributed by atoms with Crippen LogP contribution in [0.15, 0.2) is 12.1 Å². The zero-order valence-electron chi connectivity index (χ0n) is 8.98. The number of alkyl halides is 5. The number of hydrogen-bond donors (Lipinski definition) is 2. The fraction of sp³-hybridized carbons (Fsp3) is 0.400. The number of halogens is 5. The highest BCUT2D eigenvalue weighted by Crippen LogP contribution is 2.57. The number of rotatable bonds is 0. The predicted molar refractivity (Wildman–Crippen MR) is 51.1 cm³/mol. The van der Waals surface area contributed by atoms with Gasteiger partial charge in [0.1, 0.15) is 5.75 Å². The maximum atomic E-state index is 13.3. The lowest BCUT2D eigenvalue weighted by Crippen LogP contribution is -2.54. The van der Waals surface area contributed by atoms with E-state index in [2.05, 4.69) is 4.74 Å². The number of nitrogens with two attached hydrogens (primary N) is 1. The molecule has 0 aromatic heterocycles. The van der Waals surface area contributed by atoms with E-state index in [-0.39, 0.29) is 11.3 Å². The second kappa shape index (κ2) is 3.25. The van der Waals surface area contributed by atoms with Crippen molar-refractivity contribution in [3.8, 4) is 5.75 Å². The summed E-state index contributed by atoms with van der Waals surface area (Å²) in [5.74, 6) is -0.775. The molecule has 0 radical (unpaired) electrons. The predicted octanol–water partition coefficient (Wildman–Crippen LogP) is 2.31. The number of nitrogen functional groups attached to an aromatic ring is 1. The molecule has 0 saturated carbocycles. The van der Waals surface area contributed by atoms with Crippen LogP contribution in [0, 0.1) is 6.92 Å². The van der Waals surface area contributed by atoms with Crippen LogP contribution >= 0.6 is 0 Å². The van der Waals surface area contributed by atoms with Gasteiger partial charge in [0.15, 0.2) is 0 Å². The molecule has 1 aliphatic rings. The van der Waals surface area contributed by atoms with Crippen LogP contribution in [0.1, 0.15) is 11.1 Å². The quantitative estimate of drug-likeness (QED) is 0.561. The van der Waals surface area contributed by atoms with E-state index in [0.29, 0.717) is 0 Å². The summed E-state index contributed by atoms with van der Waals surface area (Å²) in [7, 11) is 0. The second-order valence-corrected chi connectivity index (χ2v) is 4.03. The number of aliphatic hydroxyl groups is 1. The fourth-order valence-electron chi connectivity index (χ4n) is 1.76. The molecule has 3 nitrogen and oxygen atoms in total. The van der Waals surface area contributed by atoms with Gasteiger partial charge in [0.25, 0.3) is 5.60 Å². The van der Waals surface area contributed by atoms with Crippen molar-refractivity contribution < 1.29 is 31.8 Å². The van der Waals surface area contributed by atoms with Crippen LogP contribution in [-0.4, -0.2) is 17.4 Å². The van der Waals surface area contributed by atoms with Gasteiger partial charge in [0.2, 0.25) is 0 Å². The summed E-state index contributed by atoms with van der Waals surface area (Å²) in [4.78, 5) is 0. The molecule has 1 heterocycles. The Morgan fingerprint density at radius 3 is 2.33 bits per heavy atom. The topological polar surface area (TPSA) is 55.5 Å². The number of aryl methyl sites for hydroxylation is 1. The first-order chi connectivity index (χ1) is 8.00. The van der Waals surface area contributed by atoms with Crippen LogP contribution in [0.2, 0.25) is 0 Å². The molecule has 0 aliphatic carbocycles. The van der Waals surface area contributed by atoms with Crippen molar-refractivity contribution in [2.75, 3.05) is 5.73 Å². The molecule has 1 aliphatic heterocycles. The van der Waals surface area contributed by atoms with Gasteiger partial charge in [0, 0.05) is 17.3 Å². The third-order valence-electron chi connectivity index (χ3n) is 2.83. The zero-order valence-corrected chi connectivity index (χ0v) is 8.98. The highest BCUT2D eigenvalue weighted by molar-refractivity contribution is 5.58. The van der Waals surface area contributed by atoms with Crippen LogP contribution < -0.4 is 10.5 Å². The monoisotopic (exact) mass is 269 g/mol. The molecule has 0 saturated heterocycles. The van der Waals surface area contributed by atoms with Gasteiger partial charge in [-0.3, -0.25) is 0 Å². The molecule has 3 N–H and O–H groups in total. The lowest BCUT2D eigenvalue weighted by molar-refractivity contribution is -0.376. The summed E-state index contributed by atoms with van der Waals surface area (Å²) in [6, 6.07) is 1.58. The van der Waals surface area contributed by atoms with Gasteiger partial charge >= 0.3 is 12.3 Å². The summed E-state index contributed by atoms with van der Waals surface area (Å²) in [5, 5.41) is 9.38. The largest absolute Gasteiger partial charge is 0.441 e. The molecule has 18 heavy (non-hydrogen) atoms. The summed E-state index contributed by atoms with van der Waals surface area (Å²) in [5.41, 5.74) is 0.122. The van der Waals surface area contributed by atoms with Crippen molar-refractivity contribution in [1.29, 1.82) is 0 Å². The molecule has 1 aromatic rings. The molecule has 1 atom stereocenters. The minimum Gasteiger partial charge on any atom is -0.429 e. The summed E-state index contributed by atoms with van der Waals surface area (Å²) >= 11 is 0. The van der Waals surface area contributed by atoms with Crippen molar-refractivity contribution in [1.82, 2.24) is 0 Å². The molecule has 100 valence electrons. The van der Waals surface area contributed by atoms with E-state index < -0.39 is 29.2 Å². The van der Waals surface area contributed by atoms with Crippen molar-refractivity contribution in [2.45, 2.75) is 24.8 Å². The van der Waals surface area contributed by atoms with E-state index >= 15 is 0 Å². The second-order valence-electron chi connectivity index (χ2n) is 4.03. The molecular formula is C10H8F5NO2. The Hall–Kier alpha value is -1.57. The van der Waals surface area contributed by atoms with Gasteiger partial charge in [-0.1, -0.05) is 0 Å². The van der Waals surface area contributed by atoms with Crippen LogP contribution in [0.4, 0.5) is 27.6 Å². The smallest absolute Gasteiger partial charge is 0.429 e. The molecule has 8 heteroatoms. The zero-order chi connectivity index (χ0) is 13.9. The normalized spacial score (nSPS) is 25.7. The van der Waals surface area contributed by atoms with Gasteiger partial charge in [-0.05, 0) is 18.6 Å². The van der Waals surface area contributed by atoms with E-state index in [4.69, 9.17) is 5.73 Å². The Bertz CT molecular complexity index is 514. The minimum atomic E-state index is -5.58. The fourth-order valence-corrected chi connectivity index (χ4v) is 1.76.